The molecule has 4 aromatic rings. The Kier molecular flexibility index (Phi) is 5.84. The third kappa shape index (κ3) is 3.86. The summed E-state index contributed by atoms with van der Waals surface area (Å²) in [5.41, 5.74) is 4.77. The minimum absolute atomic E-state index is 0.126. The van der Waals surface area contributed by atoms with Crippen LogP contribution in [0.3, 0.4) is 0 Å². The second kappa shape index (κ2) is 9.55. The summed E-state index contributed by atoms with van der Waals surface area (Å²) in [5, 5.41) is 4.15. The lowest BCUT2D eigenvalue weighted by molar-refractivity contribution is -0.120. The van der Waals surface area contributed by atoms with Gasteiger partial charge >= 0.3 is 6.03 Å². The van der Waals surface area contributed by atoms with Gasteiger partial charge in [0.05, 0.1) is 12.8 Å². The summed E-state index contributed by atoms with van der Waals surface area (Å²) < 4.78 is 5.49. The van der Waals surface area contributed by atoms with Crippen LogP contribution in [0, 0.1) is 0 Å². The van der Waals surface area contributed by atoms with Crippen molar-refractivity contribution in [3.63, 3.8) is 0 Å². The molecule has 40 heavy (non-hydrogen) atoms. The third-order valence-electron chi connectivity index (χ3n) is 8.54. The molecule has 8 nitrogen and oxygen atoms in total. The molecule has 2 unspecified atom stereocenters. The van der Waals surface area contributed by atoms with Crippen LogP contribution in [0.2, 0.25) is 0 Å². The predicted octanol–water partition coefficient (Wildman–Crippen LogP) is 5.33. The predicted molar refractivity (Wildman–Crippen MR) is 152 cm³/mol. The van der Waals surface area contributed by atoms with Crippen LogP contribution in [0.5, 0.6) is 5.75 Å². The van der Waals surface area contributed by atoms with E-state index in [-0.39, 0.29) is 23.9 Å². The van der Waals surface area contributed by atoms with E-state index in [1.54, 1.807) is 36.3 Å². The average molecular weight is 535 g/mol. The summed E-state index contributed by atoms with van der Waals surface area (Å²) in [6, 6.07) is 21.1. The van der Waals surface area contributed by atoms with Crippen LogP contribution >= 0.6 is 0 Å². The van der Waals surface area contributed by atoms with Gasteiger partial charge in [-0.05, 0) is 66.4 Å². The molecular formula is C32H30N4O4. The van der Waals surface area contributed by atoms with Gasteiger partial charge in [0.1, 0.15) is 17.8 Å². The average Bonchev–Trinajstić information content (AvgIpc) is 3.69. The van der Waals surface area contributed by atoms with Gasteiger partial charge in [-0.1, -0.05) is 43.2 Å². The number of methoxy groups -OCH3 is 1. The summed E-state index contributed by atoms with van der Waals surface area (Å²) >= 11 is 0. The molecular weight excluding hydrogens is 504 g/mol. The maximum absolute atomic E-state index is 14.1. The highest BCUT2D eigenvalue weighted by molar-refractivity contribution is 6.22. The lowest BCUT2D eigenvalue weighted by Crippen LogP contribution is -2.44. The summed E-state index contributed by atoms with van der Waals surface area (Å²) in [5.74, 6) is 0.286. The molecule has 1 saturated heterocycles. The molecule has 2 fully saturated rings. The van der Waals surface area contributed by atoms with Crippen molar-refractivity contribution in [2.24, 2.45) is 0 Å². The van der Waals surface area contributed by atoms with Crippen LogP contribution in [-0.2, 0) is 11.2 Å². The van der Waals surface area contributed by atoms with Crippen LogP contribution in [0.4, 0.5) is 10.5 Å². The number of anilines is 1. The van der Waals surface area contributed by atoms with E-state index in [4.69, 9.17) is 4.74 Å². The van der Waals surface area contributed by atoms with E-state index in [2.05, 4.69) is 16.4 Å². The quantitative estimate of drug-likeness (QED) is 0.338. The zero-order chi connectivity index (χ0) is 27.4. The number of hydrogen-bond acceptors (Lipinski definition) is 4. The first-order chi connectivity index (χ1) is 19.5. The lowest BCUT2D eigenvalue weighted by Gasteiger charge is -2.36. The van der Waals surface area contributed by atoms with E-state index in [0.717, 1.165) is 53.4 Å². The van der Waals surface area contributed by atoms with Gasteiger partial charge in [0, 0.05) is 34.6 Å². The van der Waals surface area contributed by atoms with E-state index in [1.807, 2.05) is 42.5 Å². The number of amides is 4. The summed E-state index contributed by atoms with van der Waals surface area (Å²) in [7, 11) is 1.61. The summed E-state index contributed by atoms with van der Waals surface area (Å²) in [6.45, 7) is 0. The number of ether oxygens (including phenoxy) is 1. The van der Waals surface area contributed by atoms with Gasteiger partial charge in [-0.3, -0.25) is 14.5 Å². The maximum Gasteiger partial charge on any atom is 0.332 e. The summed E-state index contributed by atoms with van der Waals surface area (Å²) in [4.78, 5) is 47.2. The number of rotatable bonds is 5. The highest BCUT2D eigenvalue weighted by Gasteiger charge is 2.53. The number of benzene rings is 3. The van der Waals surface area contributed by atoms with E-state index in [0.29, 0.717) is 23.4 Å². The molecule has 3 aromatic carbocycles. The number of aromatic amines is 1. The molecule has 1 saturated carbocycles. The Morgan fingerprint density at radius 3 is 2.52 bits per heavy atom. The summed E-state index contributed by atoms with van der Waals surface area (Å²) in [6.07, 6.45) is 4.70. The molecule has 202 valence electrons. The van der Waals surface area contributed by atoms with Crippen molar-refractivity contribution in [1.29, 1.82) is 0 Å². The Labute approximate surface area is 231 Å². The van der Waals surface area contributed by atoms with Crippen molar-refractivity contribution < 1.29 is 19.1 Å². The molecule has 3 heterocycles. The molecule has 1 aromatic heterocycles. The van der Waals surface area contributed by atoms with Gasteiger partial charge in [-0.15, -0.1) is 0 Å². The Morgan fingerprint density at radius 2 is 1.75 bits per heavy atom. The number of hydrogen-bond donors (Lipinski definition) is 2. The van der Waals surface area contributed by atoms with Gasteiger partial charge in [0.2, 0.25) is 0 Å². The minimum Gasteiger partial charge on any atom is -0.497 e. The third-order valence-corrected chi connectivity index (χ3v) is 8.54. The van der Waals surface area contributed by atoms with Crippen molar-refractivity contribution >= 4 is 34.4 Å². The molecule has 7 rings (SSSR count). The first kappa shape index (κ1) is 24.5. The maximum atomic E-state index is 14.1. The number of carbonyl (C=O) groups is 3. The fraction of sp³-hybridized carbons (Fsp3) is 0.281. The largest absolute Gasteiger partial charge is 0.497 e. The number of nitrogens with zero attached hydrogens (tertiary/aromatic N) is 2. The number of aromatic nitrogens is 1. The van der Waals surface area contributed by atoms with Gasteiger partial charge in [-0.25, -0.2) is 9.69 Å². The first-order valence-electron chi connectivity index (χ1n) is 13.8. The molecule has 2 N–H and O–H groups in total. The number of H-pyrrole nitrogens is 1. The zero-order valence-corrected chi connectivity index (χ0v) is 22.2. The Hall–Kier alpha value is -4.59. The second-order valence-electron chi connectivity index (χ2n) is 10.8. The van der Waals surface area contributed by atoms with Crippen molar-refractivity contribution in [3.05, 3.63) is 95.2 Å². The van der Waals surface area contributed by atoms with Crippen LogP contribution < -0.4 is 15.0 Å². The van der Waals surface area contributed by atoms with Gasteiger partial charge in [0.15, 0.2) is 0 Å². The molecule has 0 bridgehead atoms. The number of carbonyl (C=O) groups excluding carboxylic acids is 3. The Bertz CT molecular complexity index is 1640. The zero-order valence-electron chi connectivity index (χ0n) is 22.2. The van der Waals surface area contributed by atoms with Gasteiger partial charge < -0.3 is 15.0 Å². The molecule has 1 aliphatic carbocycles. The van der Waals surface area contributed by atoms with Gasteiger partial charge in [0.25, 0.3) is 11.8 Å². The standard InChI is InChI=1S/C32H30N4O4/c1-40-23-10-6-7-20(17-23)29-28-25(24-11-4-5-12-26(24)34-28)18-27-31(38)35(32(39)36(27)29)22-15-13-19(14-16-22)30(37)33-21-8-2-3-9-21/h4-7,10-17,21,27,29,34H,2-3,8-9,18H2,1H3,(H,33,37). The van der Waals surface area contributed by atoms with Gasteiger partial charge in [-0.2, -0.15) is 0 Å². The van der Waals surface area contributed by atoms with E-state index in [1.165, 1.54) is 4.90 Å². The Balaban J connectivity index is 1.25. The number of imide groups is 1. The van der Waals surface area contributed by atoms with Crippen molar-refractivity contribution in [3.8, 4) is 5.75 Å². The van der Waals surface area contributed by atoms with Crippen molar-refractivity contribution in [1.82, 2.24) is 15.2 Å². The van der Waals surface area contributed by atoms with E-state index < -0.39 is 12.1 Å². The number of urea groups is 1. The van der Waals surface area contributed by atoms with Crippen LogP contribution in [0.1, 0.15) is 58.9 Å². The first-order valence-corrected chi connectivity index (χ1v) is 13.8. The van der Waals surface area contributed by atoms with Crippen LogP contribution in [0.15, 0.2) is 72.8 Å². The molecule has 3 aliphatic rings. The van der Waals surface area contributed by atoms with E-state index in [9.17, 15) is 14.4 Å². The normalized spacial score (nSPS) is 20.6. The lowest BCUT2D eigenvalue weighted by atomic mass is 9.89. The number of para-hydroxylation sites is 1. The van der Waals surface area contributed by atoms with Crippen LogP contribution in [0.25, 0.3) is 10.9 Å². The number of nitrogens with one attached hydrogen (secondary N) is 2. The molecule has 2 aliphatic heterocycles. The highest BCUT2D eigenvalue weighted by Crippen LogP contribution is 2.45. The topological polar surface area (TPSA) is 94.7 Å². The molecule has 0 spiro atoms. The smallest absolute Gasteiger partial charge is 0.332 e. The van der Waals surface area contributed by atoms with Crippen molar-refractivity contribution in [2.75, 3.05) is 12.0 Å². The monoisotopic (exact) mass is 534 g/mol. The molecule has 4 amide bonds. The molecule has 2 atom stereocenters. The highest BCUT2D eigenvalue weighted by atomic mass is 16.5. The molecule has 8 heteroatoms. The molecule has 0 radical (unpaired) electrons. The van der Waals surface area contributed by atoms with Crippen LogP contribution in [-0.4, -0.2) is 46.9 Å². The fourth-order valence-corrected chi connectivity index (χ4v) is 6.57. The second-order valence-corrected chi connectivity index (χ2v) is 10.8. The minimum atomic E-state index is -0.652. The Morgan fingerprint density at radius 1 is 0.975 bits per heavy atom. The van der Waals surface area contributed by atoms with Crippen molar-refractivity contribution in [2.45, 2.75) is 50.2 Å². The SMILES string of the molecule is COc1cccc(C2c3[nH]c4ccccc4c3CC3C(=O)N(c4ccc(C(=O)NC5CCCC5)cc4)C(=O)N32)c1. The van der Waals surface area contributed by atoms with E-state index >= 15 is 0 Å². The fourth-order valence-electron chi connectivity index (χ4n) is 6.57. The number of fused-ring (bicyclic) bond motifs is 4.